The van der Waals surface area contributed by atoms with Crippen molar-refractivity contribution >= 4 is 16.7 Å². The van der Waals surface area contributed by atoms with Gasteiger partial charge in [0.1, 0.15) is 5.82 Å². The molecule has 0 aliphatic heterocycles. The number of benzene rings is 2. The van der Waals surface area contributed by atoms with E-state index in [4.69, 9.17) is 15.2 Å². The van der Waals surface area contributed by atoms with E-state index in [9.17, 15) is 0 Å². The molecule has 0 saturated carbocycles. The van der Waals surface area contributed by atoms with Crippen LogP contribution in [0.1, 0.15) is 11.1 Å². The summed E-state index contributed by atoms with van der Waals surface area (Å²) in [6.07, 6.45) is 0.754. The number of anilines is 1. The molecule has 2 aromatic carbocycles. The van der Waals surface area contributed by atoms with Crippen LogP contribution in [-0.2, 0) is 6.42 Å². The van der Waals surface area contributed by atoms with Crippen LogP contribution in [0.4, 0.5) is 5.82 Å². The number of nitrogens with zero attached hydrogens (tertiary/aromatic N) is 1. The van der Waals surface area contributed by atoms with Gasteiger partial charge in [-0.05, 0) is 23.3 Å². The molecule has 22 heavy (non-hydrogen) atoms. The average molecular weight is 294 g/mol. The molecule has 2 N–H and O–H groups in total. The first-order valence-corrected chi connectivity index (χ1v) is 7.06. The lowest BCUT2D eigenvalue weighted by molar-refractivity contribution is 0.356. The zero-order valence-corrected chi connectivity index (χ0v) is 12.7. The summed E-state index contributed by atoms with van der Waals surface area (Å²) in [4.78, 5) is 4.50. The van der Waals surface area contributed by atoms with Crippen LogP contribution in [0.15, 0.2) is 48.5 Å². The zero-order valence-electron chi connectivity index (χ0n) is 12.7. The van der Waals surface area contributed by atoms with E-state index in [0.29, 0.717) is 17.3 Å². The normalized spacial score (nSPS) is 10.6. The molecule has 4 heteroatoms. The maximum Gasteiger partial charge on any atom is 0.162 e. The summed E-state index contributed by atoms with van der Waals surface area (Å²) in [5, 5.41) is 0.984. The van der Waals surface area contributed by atoms with Crippen molar-refractivity contribution in [1.29, 1.82) is 0 Å². The zero-order chi connectivity index (χ0) is 15.5. The maximum atomic E-state index is 6.11. The third kappa shape index (κ3) is 2.68. The lowest BCUT2D eigenvalue weighted by Crippen LogP contribution is -2.00. The number of hydrogen-bond acceptors (Lipinski definition) is 4. The number of nitrogen functional groups attached to an aromatic ring is 1. The Morgan fingerprint density at radius 2 is 1.64 bits per heavy atom. The fraction of sp³-hybridized carbons (Fsp3) is 0.167. The Hall–Kier alpha value is -2.75. The van der Waals surface area contributed by atoms with E-state index in [1.807, 2.05) is 30.3 Å². The van der Waals surface area contributed by atoms with Gasteiger partial charge >= 0.3 is 0 Å². The Morgan fingerprint density at radius 3 is 2.32 bits per heavy atom. The Kier molecular flexibility index (Phi) is 3.83. The summed E-state index contributed by atoms with van der Waals surface area (Å²) in [7, 11) is 3.23. The smallest absolute Gasteiger partial charge is 0.162 e. The molecule has 0 radical (unpaired) electrons. The van der Waals surface area contributed by atoms with Gasteiger partial charge in [-0.1, -0.05) is 30.3 Å². The van der Waals surface area contributed by atoms with Crippen molar-refractivity contribution in [1.82, 2.24) is 4.98 Å². The summed E-state index contributed by atoms with van der Waals surface area (Å²) in [5.74, 6) is 1.88. The predicted molar refractivity (Wildman–Crippen MR) is 88.5 cm³/mol. The van der Waals surface area contributed by atoms with Gasteiger partial charge in [-0.15, -0.1) is 0 Å². The summed E-state index contributed by atoms with van der Waals surface area (Å²) >= 11 is 0. The van der Waals surface area contributed by atoms with Crippen LogP contribution in [0.25, 0.3) is 10.9 Å². The molecule has 0 atom stereocenters. The lowest BCUT2D eigenvalue weighted by Gasteiger charge is -2.11. The third-order valence-electron chi connectivity index (χ3n) is 3.67. The SMILES string of the molecule is COc1cc2cc(Cc3ccccc3)c(N)nc2cc1OC. The lowest BCUT2D eigenvalue weighted by atomic mass is 10.0. The molecule has 0 aliphatic rings. The van der Waals surface area contributed by atoms with Gasteiger partial charge in [0.15, 0.2) is 11.5 Å². The van der Waals surface area contributed by atoms with Gasteiger partial charge in [0, 0.05) is 17.9 Å². The number of rotatable bonds is 4. The summed E-state index contributed by atoms with van der Waals surface area (Å²) in [6.45, 7) is 0. The Morgan fingerprint density at radius 1 is 0.955 bits per heavy atom. The summed E-state index contributed by atoms with van der Waals surface area (Å²) in [6, 6.07) is 16.0. The fourth-order valence-electron chi connectivity index (χ4n) is 2.52. The standard InChI is InChI=1S/C18H18N2O2/c1-21-16-10-13-9-14(8-12-6-4-3-5-7-12)18(19)20-15(13)11-17(16)22-2/h3-7,9-11H,8H2,1-2H3,(H2,19,20). The fourth-order valence-corrected chi connectivity index (χ4v) is 2.52. The van der Waals surface area contributed by atoms with Crippen molar-refractivity contribution in [3.63, 3.8) is 0 Å². The number of pyridine rings is 1. The van der Waals surface area contributed by atoms with E-state index >= 15 is 0 Å². The first kappa shape index (κ1) is 14.2. The quantitative estimate of drug-likeness (QED) is 0.801. The highest BCUT2D eigenvalue weighted by Gasteiger charge is 2.10. The number of hydrogen-bond donors (Lipinski definition) is 1. The molecule has 112 valence electrons. The minimum Gasteiger partial charge on any atom is -0.493 e. The third-order valence-corrected chi connectivity index (χ3v) is 3.67. The molecule has 3 aromatic rings. The van der Waals surface area contributed by atoms with Crippen LogP contribution in [0.5, 0.6) is 11.5 Å². The van der Waals surface area contributed by atoms with Gasteiger partial charge in [-0.2, -0.15) is 0 Å². The van der Waals surface area contributed by atoms with Crippen LogP contribution in [0.2, 0.25) is 0 Å². The molecule has 3 rings (SSSR count). The highest BCUT2D eigenvalue weighted by molar-refractivity contribution is 5.85. The Bertz CT molecular complexity index is 801. The molecule has 0 saturated heterocycles. The number of fused-ring (bicyclic) bond motifs is 1. The Labute approximate surface area is 129 Å². The number of methoxy groups -OCH3 is 2. The molecule has 1 heterocycles. The molecule has 4 nitrogen and oxygen atoms in total. The van der Waals surface area contributed by atoms with Crippen molar-refractivity contribution in [2.24, 2.45) is 0 Å². The first-order valence-electron chi connectivity index (χ1n) is 7.06. The van der Waals surface area contributed by atoms with Gasteiger partial charge in [-0.3, -0.25) is 0 Å². The second-order valence-corrected chi connectivity index (χ2v) is 5.10. The molecule has 0 unspecified atom stereocenters. The van der Waals surface area contributed by atoms with Crippen LogP contribution in [0.3, 0.4) is 0 Å². The minimum atomic E-state index is 0.545. The number of ether oxygens (including phenoxy) is 2. The van der Waals surface area contributed by atoms with E-state index < -0.39 is 0 Å². The van der Waals surface area contributed by atoms with Crippen molar-refractivity contribution in [2.45, 2.75) is 6.42 Å². The second-order valence-electron chi connectivity index (χ2n) is 5.10. The molecule has 0 spiro atoms. The van der Waals surface area contributed by atoms with Crippen molar-refractivity contribution in [3.05, 3.63) is 59.7 Å². The molecule has 0 aliphatic carbocycles. The first-order chi connectivity index (χ1) is 10.7. The highest BCUT2D eigenvalue weighted by atomic mass is 16.5. The topological polar surface area (TPSA) is 57.4 Å². The van der Waals surface area contributed by atoms with Gasteiger partial charge in [-0.25, -0.2) is 4.98 Å². The number of aromatic nitrogens is 1. The van der Waals surface area contributed by atoms with Crippen LogP contribution in [0, 0.1) is 0 Å². The molecule has 0 bridgehead atoms. The highest BCUT2D eigenvalue weighted by Crippen LogP contribution is 2.33. The van der Waals surface area contributed by atoms with Gasteiger partial charge in [0.25, 0.3) is 0 Å². The van der Waals surface area contributed by atoms with E-state index in [1.54, 1.807) is 14.2 Å². The van der Waals surface area contributed by atoms with Crippen molar-refractivity contribution < 1.29 is 9.47 Å². The van der Waals surface area contributed by atoms with E-state index in [2.05, 4.69) is 23.2 Å². The molecule has 1 aromatic heterocycles. The minimum absolute atomic E-state index is 0.545. The average Bonchev–Trinajstić information content (AvgIpc) is 2.55. The molecular weight excluding hydrogens is 276 g/mol. The van der Waals surface area contributed by atoms with E-state index in [1.165, 1.54) is 5.56 Å². The monoisotopic (exact) mass is 294 g/mol. The largest absolute Gasteiger partial charge is 0.493 e. The van der Waals surface area contributed by atoms with E-state index in [0.717, 1.165) is 22.9 Å². The molecular formula is C18H18N2O2. The Balaban J connectivity index is 2.07. The summed E-state index contributed by atoms with van der Waals surface area (Å²) in [5.41, 5.74) is 9.12. The van der Waals surface area contributed by atoms with E-state index in [-0.39, 0.29) is 0 Å². The maximum absolute atomic E-state index is 6.11. The van der Waals surface area contributed by atoms with Gasteiger partial charge in [0.05, 0.1) is 19.7 Å². The summed E-state index contributed by atoms with van der Waals surface area (Å²) < 4.78 is 10.7. The van der Waals surface area contributed by atoms with Crippen molar-refractivity contribution in [3.8, 4) is 11.5 Å². The second kappa shape index (κ2) is 5.93. The predicted octanol–water partition coefficient (Wildman–Crippen LogP) is 3.43. The molecule has 0 fully saturated rings. The van der Waals surface area contributed by atoms with Crippen LogP contribution < -0.4 is 15.2 Å². The van der Waals surface area contributed by atoms with Gasteiger partial charge < -0.3 is 15.2 Å². The number of nitrogens with two attached hydrogens (primary N) is 1. The van der Waals surface area contributed by atoms with Gasteiger partial charge in [0.2, 0.25) is 0 Å². The van der Waals surface area contributed by atoms with Crippen LogP contribution >= 0.6 is 0 Å². The molecule has 0 amide bonds. The van der Waals surface area contributed by atoms with Crippen LogP contribution in [-0.4, -0.2) is 19.2 Å². The van der Waals surface area contributed by atoms with Crippen molar-refractivity contribution in [2.75, 3.05) is 20.0 Å².